The van der Waals surface area contributed by atoms with Crippen molar-refractivity contribution in [1.82, 2.24) is 19.7 Å². The fourth-order valence-electron chi connectivity index (χ4n) is 3.63. The largest absolute Gasteiger partial charge is 0.451 e. The van der Waals surface area contributed by atoms with Crippen LogP contribution in [-0.2, 0) is 29.8 Å². The number of carbonyl (C=O) groups is 1. The second kappa shape index (κ2) is 7.24. The van der Waals surface area contributed by atoms with Gasteiger partial charge in [0.15, 0.2) is 17.5 Å². The summed E-state index contributed by atoms with van der Waals surface area (Å²) < 4.78 is 66.7. The first-order valence-corrected chi connectivity index (χ1v) is 9.82. The summed E-state index contributed by atoms with van der Waals surface area (Å²) in [5.74, 6) is -2.78. The minimum atomic E-state index is -4.61. The fourth-order valence-corrected chi connectivity index (χ4v) is 4.99. The van der Waals surface area contributed by atoms with Gasteiger partial charge in [0, 0.05) is 36.6 Å². The summed E-state index contributed by atoms with van der Waals surface area (Å²) in [6, 6.07) is 1.60. The van der Waals surface area contributed by atoms with Crippen LogP contribution in [-0.4, -0.2) is 38.2 Å². The molecule has 0 bridgehead atoms. The highest BCUT2D eigenvalue weighted by molar-refractivity contribution is 7.99. The molecule has 2 aromatic rings. The van der Waals surface area contributed by atoms with Gasteiger partial charge < -0.3 is 15.2 Å². The maximum absolute atomic E-state index is 13.6. The van der Waals surface area contributed by atoms with Crippen LogP contribution >= 0.6 is 11.8 Å². The smallest absolute Gasteiger partial charge is 0.333 e. The van der Waals surface area contributed by atoms with Gasteiger partial charge >= 0.3 is 6.18 Å². The van der Waals surface area contributed by atoms with Gasteiger partial charge in [-0.3, -0.25) is 4.79 Å². The van der Waals surface area contributed by atoms with Gasteiger partial charge in [0.2, 0.25) is 11.7 Å². The molecule has 2 aliphatic rings. The number of rotatable bonds is 3. The van der Waals surface area contributed by atoms with E-state index in [2.05, 4.69) is 10.2 Å². The molecule has 12 heteroatoms. The summed E-state index contributed by atoms with van der Waals surface area (Å²) in [6.07, 6.45) is -4.68. The Morgan fingerprint density at radius 3 is 2.69 bits per heavy atom. The topological polar surface area (TPSA) is 77.0 Å². The first-order valence-electron chi connectivity index (χ1n) is 8.77. The number of nitrogens with two attached hydrogens (primary N) is 1. The minimum absolute atomic E-state index is 0.0589. The van der Waals surface area contributed by atoms with Crippen LogP contribution in [0.3, 0.4) is 0 Å². The number of benzene rings is 1. The van der Waals surface area contributed by atoms with Crippen LogP contribution in [0.2, 0.25) is 0 Å². The second-order valence-corrected chi connectivity index (χ2v) is 8.10. The average Bonchev–Trinajstić information content (AvgIpc) is 3.25. The predicted molar refractivity (Wildman–Crippen MR) is 93.4 cm³/mol. The lowest BCUT2D eigenvalue weighted by atomic mass is 9.98. The number of alkyl halides is 3. The van der Waals surface area contributed by atoms with E-state index in [0.717, 1.165) is 16.7 Å². The average molecular weight is 433 g/mol. The second-order valence-electron chi connectivity index (χ2n) is 6.97. The van der Waals surface area contributed by atoms with Crippen molar-refractivity contribution in [1.29, 1.82) is 0 Å². The molecule has 1 aromatic carbocycles. The van der Waals surface area contributed by atoms with E-state index >= 15 is 0 Å². The van der Waals surface area contributed by atoms with Crippen LogP contribution in [0, 0.1) is 11.6 Å². The Morgan fingerprint density at radius 1 is 1.24 bits per heavy atom. The molecule has 0 spiro atoms. The lowest BCUT2D eigenvalue weighted by molar-refractivity contribution is -0.148. The maximum atomic E-state index is 13.6. The van der Waals surface area contributed by atoms with Crippen LogP contribution < -0.4 is 5.73 Å². The molecule has 1 aromatic heterocycles. The molecule has 3 heterocycles. The lowest BCUT2D eigenvalue weighted by Gasteiger charge is -2.29. The Balaban J connectivity index is 1.44. The zero-order valence-corrected chi connectivity index (χ0v) is 15.7. The summed E-state index contributed by atoms with van der Waals surface area (Å²) >= 11 is 1.40. The number of halogens is 5. The van der Waals surface area contributed by atoms with E-state index in [0.29, 0.717) is 16.9 Å². The molecule has 0 fully saturated rings. The molecule has 29 heavy (non-hydrogen) atoms. The van der Waals surface area contributed by atoms with E-state index in [-0.39, 0.29) is 43.0 Å². The Labute approximate surface area is 166 Å². The number of aromatic nitrogens is 3. The van der Waals surface area contributed by atoms with Gasteiger partial charge in [-0.1, -0.05) is 0 Å². The monoisotopic (exact) mass is 433 g/mol. The Kier molecular flexibility index (Phi) is 5.01. The van der Waals surface area contributed by atoms with E-state index < -0.39 is 29.7 Å². The van der Waals surface area contributed by atoms with Crippen molar-refractivity contribution >= 4 is 17.7 Å². The molecule has 4 rings (SSSR count). The maximum Gasteiger partial charge on any atom is 0.451 e. The highest BCUT2D eigenvalue weighted by Gasteiger charge is 2.40. The van der Waals surface area contributed by atoms with Crippen LogP contribution in [0.4, 0.5) is 22.0 Å². The Bertz CT molecular complexity index is 962. The van der Waals surface area contributed by atoms with Gasteiger partial charge in [-0.2, -0.15) is 13.2 Å². The number of hydrogen-bond acceptors (Lipinski definition) is 5. The zero-order chi connectivity index (χ0) is 20.9. The molecule has 1 amide bonds. The molecule has 2 atom stereocenters. The molecule has 0 aliphatic carbocycles. The number of hydrogen-bond donors (Lipinski definition) is 1. The summed E-state index contributed by atoms with van der Waals surface area (Å²) in [5.41, 5.74) is 7.40. The third-order valence-corrected chi connectivity index (χ3v) is 6.51. The number of amides is 1. The quantitative estimate of drug-likeness (QED) is 0.754. The lowest BCUT2D eigenvalue weighted by Crippen LogP contribution is -2.42. The van der Waals surface area contributed by atoms with E-state index in [4.69, 9.17) is 5.73 Å². The first kappa shape index (κ1) is 20.1. The SMILES string of the molecule is N[C@@H](CC(=O)N1CCn2c(nnc2C(F)(F)F)C1)C1SCc2cc(F)c(F)cc21. The van der Waals surface area contributed by atoms with E-state index in [1.54, 1.807) is 0 Å². The highest BCUT2D eigenvalue weighted by atomic mass is 32.2. The zero-order valence-electron chi connectivity index (χ0n) is 14.9. The third kappa shape index (κ3) is 3.70. The highest BCUT2D eigenvalue weighted by Crippen LogP contribution is 2.44. The molecule has 2 N–H and O–H groups in total. The van der Waals surface area contributed by atoms with Crippen molar-refractivity contribution in [3.8, 4) is 0 Å². The van der Waals surface area contributed by atoms with Crippen LogP contribution in [0.15, 0.2) is 12.1 Å². The van der Waals surface area contributed by atoms with Crippen molar-refractivity contribution in [2.24, 2.45) is 5.73 Å². The van der Waals surface area contributed by atoms with Crippen LogP contribution in [0.5, 0.6) is 0 Å². The number of thioether (sulfide) groups is 1. The van der Waals surface area contributed by atoms with Gasteiger partial charge in [0.1, 0.15) is 0 Å². The van der Waals surface area contributed by atoms with E-state index in [1.165, 1.54) is 16.7 Å². The summed E-state index contributed by atoms with van der Waals surface area (Å²) in [4.78, 5) is 14.0. The van der Waals surface area contributed by atoms with Gasteiger partial charge in [-0.15, -0.1) is 22.0 Å². The van der Waals surface area contributed by atoms with E-state index in [1.807, 2.05) is 0 Å². The molecular weight excluding hydrogens is 417 g/mol. The normalized spacial score (nSPS) is 19.8. The first-order chi connectivity index (χ1) is 13.6. The Morgan fingerprint density at radius 2 is 1.97 bits per heavy atom. The number of fused-ring (bicyclic) bond motifs is 2. The van der Waals surface area contributed by atoms with Gasteiger partial charge in [-0.05, 0) is 23.3 Å². The molecular formula is C17H16F5N5OS. The minimum Gasteiger partial charge on any atom is -0.333 e. The Hall–Kier alpha value is -2.21. The van der Waals surface area contributed by atoms with E-state index in [9.17, 15) is 26.7 Å². The molecule has 1 unspecified atom stereocenters. The molecule has 0 saturated carbocycles. The molecule has 6 nitrogen and oxygen atoms in total. The summed E-state index contributed by atoms with van der Waals surface area (Å²) in [6.45, 7) is -0.0829. The van der Waals surface area contributed by atoms with Gasteiger partial charge in [0.05, 0.1) is 6.54 Å². The van der Waals surface area contributed by atoms with Gasteiger partial charge in [-0.25, -0.2) is 8.78 Å². The van der Waals surface area contributed by atoms with Crippen LogP contribution in [0.1, 0.15) is 34.4 Å². The summed E-state index contributed by atoms with van der Waals surface area (Å²) in [7, 11) is 0. The van der Waals surface area contributed by atoms with Crippen LogP contribution in [0.25, 0.3) is 0 Å². The fraction of sp³-hybridized carbons (Fsp3) is 0.471. The van der Waals surface area contributed by atoms with Crippen molar-refractivity contribution in [3.05, 3.63) is 46.5 Å². The standard InChI is InChI=1S/C17H16F5N5OS/c18-10-3-8-7-29-15(9(8)4-11(10)19)12(23)5-14(28)26-1-2-27-13(6-26)24-25-16(27)17(20,21)22/h3-4,12,15H,1-2,5-7,23H2/t12-,15?/m0/s1. The van der Waals surface area contributed by atoms with Crippen molar-refractivity contribution in [3.63, 3.8) is 0 Å². The number of nitrogens with zero attached hydrogens (tertiary/aromatic N) is 4. The predicted octanol–water partition coefficient (Wildman–Crippen LogP) is 2.62. The van der Waals surface area contributed by atoms with Crippen molar-refractivity contribution < 1.29 is 26.7 Å². The third-order valence-electron chi connectivity index (χ3n) is 5.07. The molecule has 0 saturated heterocycles. The van der Waals surface area contributed by atoms with Crippen molar-refractivity contribution in [2.75, 3.05) is 6.54 Å². The molecule has 156 valence electrons. The molecule has 0 radical (unpaired) electrons. The van der Waals surface area contributed by atoms with Crippen molar-refractivity contribution in [2.45, 2.75) is 42.7 Å². The number of carbonyl (C=O) groups excluding carboxylic acids is 1. The summed E-state index contributed by atoms with van der Waals surface area (Å²) in [5, 5.41) is 6.36. The molecule has 2 aliphatic heterocycles. The van der Waals surface area contributed by atoms with Gasteiger partial charge in [0.25, 0.3) is 0 Å².